The number of nitrogens with one attached hydrogen (secondary N) is 1. The number of rotatable bonds is 5. The molecule has 1 saturated heterocycles. The Balaban J connectivity index is 1.80. The van der Waals surface area contributed by atoms with Crippen molar-refractivity contribution in [3.63, 3.8) is 0 Å². The molecule has 0 atom stereocenters. The fourth-order valence-electron chi connectivity index (χ4n) is 3.17. The van der Waals surface area contributed by atoms with E-state index in [1.807, 2.05) is 31.2 Å². The van der Waals surface area contributed by atoms with E-state index in [-0.39, 0.29) is 10.8 Å². The molecule has 1 heterocycles. The quantitative estimate of drug-likeness (QED) is 0.877. The number of aryl methyl sites for hydroxylation is 2. The summed E-state index contributed by atoms with van der Waals surface area (Å²) in [4.78, 5) is 12.7. The van der Waals surface area contributed by atoms with Crippen LogP contribution in [-0.4, -0.2) is 31.7 Å². The lowest BCUT2D eigenvalue weighted by Crippen LogP contribution is -2.29. The van der Waals surface area contributed by atoms with Gasteiger partial charge in [-0.2, -0.15) is 4.31 Å². The Kier molecular flexibility index (Phi) is 5.44. The van der Waals surface area contributed by atoms with E-state index in [0.29, 0.717) is 30.8 Å². The van der Waals surface area contributed by atoms with E-state index in [1.54, 1.807) is 19.1 Å². The van der Waals surface area contributed by atoms with Crippen LogP contribution in [0.4, 0.5) is 0 Å². The average Bonchev–Trinajstić information content (AvgIpc) is 3.16. The molecule has 0 bridgehead atoms. The van der Waals surface area contributed by atoms with Crippen LogP contribution in [-0.2, 0) is 16.6 Å². The molecule has 1 aliphatic rings. The molecule has 2 aromatic carbocycles. The number of hydrogen-bond donors (Lipinski definition) is 1. The SMILES string of the molecule is Cc1ccccc1CNC(=O)c1ccc(C)c(S(=O)(=O)N2CCCC2)c1. The lowest BCUT2D eigenvalue weighted by Gasteiger charge is -2.18. The molecule has 5 nitrogen and oxygen atoms in total. The van der Waals surface area contributed by atoms with Gasteiger partial charge >= 0.3 is 0 Å². The topological polar surface area (TPSA) is 66.5 Å². The fraction of sp³-hybridized carbons (Fsp3) is 0.350. The average molecular weight is 372 g/mol. The second-order valence-corrected chi connectivity index (χ2v) is 8.61. The minimum atomic E-state index is -3.55. The zero-order valence-corrected chi connectivity index (χ0v) is 16.0. The summed E-state index contributed by atoms with van der Waals surface area (Å²) in [5, 5.41) is 2.88. The number of carbonyl (C=O) groups excluding carboxylic acids is 1. The van der Waals surface area contributed by atoms with Crippen molar-refractivity contribution in [3.8, 4) is 0 Å². The molecule has 0 aliphatic carbocycles. The standard InChI is InChI=1S/C20H24N2O3S/c1-15-7-3-4-8-18(15)14-21-20(23)17-10-9-16(2)19(13-17)26(24,25)22-11-5-6-12-22/h3-4,7-10,13H,5-6,11-12,14H2,1-2H3,(H,21,23). The predicted octanol–water partition coefficient (Wildman–Crippen LogP) is 3.02. The Morgan fingerprint density at radius 3 is 2.42 bits per heavy atom. The molecule has 0 saturated carbocycles. The molecule has 1 N–H and O–H groups in total. The summed E-state index contributed by atoms with van der Waals surface area (Å²) in [6, 6.07) is 12.7. The van der Waals surface area contributed by atoms with Crippen molar-refractivity contribution in [2.45, 2.75) is 38.1 Å². The van der Waals surface area contributed by atoms with Gasteiger partial charge in [0.1, 0.15) is 0 Å². The van der Waals surface area contributed by atoms with Gasteiger partial charge < -0.3 is 5.32 Å². The predicted molar refractivity (Wildman–Crippen MR) is 102 cm³/mol. The minimum absolute atomic E-state index is 0.225. The van der Waals surface area contributed by atoms with Gasteiger partial charge in [0.2, 0.25) is 10.0 Å². The first-order valence-corrected chi connectivity index (χ1v) is 10.3. The molecule has 0 unspecified atom stereocenters. The van der Waals surface area contributed by atoms with Crippen LogP contribution in [0.2, 0.25) is 0 Å². The maximum absolute atomic E-state index is 12.8. The summed E-state index contributed by atoms with van der Waals surface area (Å²) in [5.74, 6) is -0.272. The number of benzene rings is 2. The number of amides is 1. The maximum atomic E-state index is 12.8. The third kappa shape index (κ3) is 3.81. The summed E-state index contributed by atoms with van der Waals surface area (Å²) in [6.45, 7) is 5.26. The first kappa shape index (κ1) is 18.6. The van der Waals surface area contributed by atoms with E-state index in [4.69, 9.17) is 0 Å². The summed E-state index contributed by atoms with van der Waals surface area (Å²) >= 11 is 0. The van der Waals surface area contributed by atoms with Crippen molar-refractivity contribution in [1.82, 2.24) is 9.62 Å². The van der Waals surface area contributed by atoms with E-state index < -0.39 is 10.0 Å². The smallest absolute Gasteiger partial charge is 0.251 e. The third-order valence-corrected chi connectivity index (χ3v) is 6.87. The number of sulfonamides is 1. The molecule has 138 valence electrons. The summed E-state index contributed by atoms with van der Waals surface area (Å²) in [6.07, 6.45) is 1.77. The molecule has 1 aliphatic heterocycles. The van der Waals surface area contributed by atoms with Gasteiger partial charge in [0.15, 0.2) is 0 Å². The zero-order valence-electron chi connectivity index (χ0n) is 15.2. The molecule has 3 rings (SSSR count). The highest BCUT2D eigenvalue weighted by Gasteiger charge is 2.29. The molecule has 0 radical (unpaired) electrons. The molecule has 26 heavy (non-hydrogen) atoms. The van der Waals surface area contributed by atoms with Gasteiger partial charge in [-0.3, -0.25) is 4.79 Å². The van der Waals surface area contributed by atoms with Crippen molar-refractivity contribution in [1.29, 1.82) is 0 Å². The van der Waals surface area contributed by atoms with Crippen LogP contribution in [0.5, 0.6) is 0 Å². The van der Waals surface area contributed by atoms with Crippen LogP contribution < -0.4 is 5.32 Å². The van der Waals surface area contributed by atoms with Gasteiger partial charge in [-0.05, 0) is 55.5 Å². The largest absolute Gasteiger partial charge is 0.348 e. The molecular formula is C20H24N2O3S. The summed E-state index contributed by atoms with van der Waals surface area (Å²) in [7, 11) is -3.55. The van der Waals surface area contributed by atoms with E-state index in [9.17, 15) is 13.2 Å². The summed E-state index contributed by atoms with van der Waals surface area (Å²) < 4.78 is 27.2. The lowest BCUT2D eigenvalue weighted by molar-refractivity contribution is 0.0950. The zero-order chi connectivity index (χ0) is 18.7. The number of hydrogen-bond acceptors (Lipinski definition) is 3. The Bertz CT molecular complexity index is 916. The number of nitrogens with zero attached hydrogens (tertiary/aromatic N) is 1. The van der Waals surface area contributed by atoms with Crippen LogP contribution in [0.25, 0.3) is 0 Å². The summed E-state index contributed by atoms with van der Waals surface area (Å²) in [5.41, 5.74) is 3.17. The molecule has 0 aromatic heterocycles. The maximum Gasteiger partial charge on any atom is 0.251 e. The second kappa shape index (κ2) is 7.60. The van der Waals surface area contributed by atoms with Crippen LogP contribution in [0, 0.1) is 13.8 Å². The monoisotopic (exact) mass is 372 g/mol. The number of carbonyl (C=O) groups is 1. The Morgan fingerprint density at radius 1 is 1.04 bits per heavy atom. The van der Waals surface area contributed by atoms with E-state index in [1.165, 1.54) is 10.4 Å². The van der Waals surface area contributed by atoms with Crippen molar-refractivity contribution in [2.24, 2.45) is 0 Å². The van der Waals surface area contributed by atoms with E-state index >= 15 is 0 Å². The highest BCUT2D eigenvalue weighted by Crippen LogP contribution is 2.24. The van der Waals surface area contributed by atoms with E-state index in [2.05, 4.69) is 5.32 Å². The van der Waals surface area contributed by atoms with Crippen LogP contribution in [0.3, 0.4) is 0 Å². The van der Waals surface area contributed by atoms with Crippen molar-refractivity contribution < 1.29 is 13.2 Å². The first-order chi connectivity index (χ1) is 12.4. The van der Waals surface area contributed by atoms with Gasteiger partial charge in [0, 0.05) is 25.2 Å². The van der Waals surface area contributed by atoms with Crippen LogP contribution >= 0.6 is 0 Å². The van der Waals surface area contributed by atoms with Gasteiger partial charge in [-0.1, -0.05) is 30.3 Å². The highest BCUT2D eigenvalue weighted by molar-refractivity contribution is 7.89. The highest BCUT2D eigenvalue weighted by atomic mass is 32.2. The van der Waals surface area contributed by atoms with E-state index in [0.717, 1.165) is 24.0 Å². The molecule has 2 aromatic rings. The molecule has 0 spiro atoms. The van der Waals surface area contributed by atoms with Crippen LogP contribution in [0.1, 0.15) is 39.9 Å². The van der Waals surface area contributed by atoms with Crippen LogP contribution in [0.15, 0.2) is 47.4 Å². The first-order valence-electron chi connectivity index (χ1n) is 8.83. The van der Waals surface area contributed by atoms with Gasteiger partial charge in [0.25, 0.3) is 5.91 Å². The van der Waals surface area contributed by atoms with Crippen molar-refractivity contribution in [3.05, 3.63) is 64.7 Å². The molecular weight excluding hydrogens is 348 g/mol. The fourth-order valence-corrected chi connectivity index (χ4v) is 4.94. The van der Waals surface area contributed by atoms with Gasteiger partial charge in [-0.15, -0.1) is 0 Å². The van der Waals surface area contributed by atoms with Crippen molar-refractivity contribution in [2.75, 3.05) is 13.1 Å². The van der Waals surface area contributed by atoms with Gasteiger partial charge in [0.05, 0.1) is 4.90 Å². The lowest BCUT2D eigenvalue weighted by atomic mass is 10.1. The van der Waals surface area contributed by atoms with Gasteiger partial charge in [-0.25, -0.2) is 8.42 Å². The third-order valence-electron chi connectivity index (χ3n) is 4.83. The second-order valence-electron chi connectivity index (χ2n) is 6.70. The Hall–Kier alpha value is -2.18. The Labute approximate surface area is 155 Å². The minimum Gasteiger partial charge on any atom is -0.348 e. The molecule has 6 heteroatoms. The molecule has 1 fully saturated rings. The molecule has 1 amide bonds. The Morgan fingerprint density at radius 2 is 1.73 bits per heavy atom. The van der Waals surface area contributed by atoms with Crippen molar-refractivity contribution >= 4 is 15.9 Å². The normalized spacial score (nSPS) is 15.2.